The Labute approximate surface area is 84.5 Å². The summed E-state index contributed by atoms with van der Waals surface area (Å²) in [6.45, 7) is 0. The second-order valence-electron chi connectivity index (χ2n) is 2.32. The molecule has 0 aliphatic carbocycles. The van der Waals surface area contributed by atoms with Crippen molar-refractivity contribution in [3.63, 3.8) is 0 Å². The van der Waals surface area contributed by atoms with Gasteiger partial charge in [-0.2, -0.15) is 0 Å². The Balaban J connectivity index is 0.00000144. The van der Waals surface area contributed by atoms with Gasteiger partial charge in [-0.3, -0.25) is 4.79 Å². The van der Waals surface area contributed by atoms with Crippen LogP contribution in [0.3, 0.4) is 0 Å². The lowest BCUT2D eigenvalue weighted by atomic mass is 10.1. The van der Waals surface area contributed by atoms with Crippen LogP contribution >= 0.6 is 15.9 Å². The summed E-state index contributed by atoms with van der Waals surface area (Å²) in [5, 5.41) is 8.39. The van der Waals surface area contributed by atoms with E-state index in [2.05, 4.69) is 15.9 Å². The van der Waals surface area contributed by atoms with Gasteiger partial charge in [-0.15, -0.1) is 0 Å². The highest BCUT2D eigenvalue weighted by Gasteiger charge is 2.03. The molecule has 2 nitrogen and oxygen atoms in total. The third-order valence-corrected chi connectivity index (χ3v) is 1.98. The number of halogens is 2. The van der Waals surface area contributed by atoms with Crippen molar-refractivity contribution in [3.05, 3.63) is 34.1 Å². The van der Waals surface area contributed by atoms with Crippen molar-refractivity contribution in [1.29, 1.82) is 0 Å². The summed E-state index contributed by atoms with van der Waals surface area (Å²) < 4.78 is 13.1. The Bertz CT molecular complexity index is 312. The van der Waals surface area contributed by atoms with Crippen molar-refractivity contribution < 1.29 is 14.3 Å². The number of hydrogen-bond donors (Lipinski definition) is 1. The molecule has 0 amide bonds. The molecule has 0 aliphatic rings. The topological polar surface area (TPSA) is 37.3 Å². The molecule has 1 rings (SSSR count). The minimum absolute atomic E-state index is 0. The lowest BCUT2D eigenvalue weighted by Gasteiger charge is -1.98. The maximum absolute atomic E-state index is 12.8. The molecule has 0 heterocycles. The van der Waals surface area contributed by atoms with Crippen LogP contribution in [-0.2, 0) is 11.2 Å². The van der Waals surface area contributed by atoms with E-state index in [4.69, 9.17) is 5.11 Å². The smallest absolute Gasteiger partial charge is 0.307 e. The average Bonchev–Trinajstić information content (AvgIpc) is 1.96. The molecule has 1 aromatic carbocycles. The Morgan fingerprint density at radius 2 is 2.15 bits per heavy atom. The fourth-order valence-corrected chi connectivity index (χ4v) is 1.07. The number of hydrogen-bond acceptors (Lipinski definition) is 1. The van der Waals surface area contributed by atoms with E-state index in [0.717, 1.165) is 0 Å². The van der Waals surface area contributed by atoms with E-state index < -0.39 is 11.8 Å². The zero-order valence-corrected chi connectivity index (χ0v) is 7.64. The molecule has 0 aliphatic heterocycles. The van der Waals surface area contributed by atoms with Gasteiger partial charge in [0.25, 0.3) is 0 Å². The van der Waals surface area contributed by atoms with Gasteiger partial charge in [0.2, 0.25) is 0 Å². The van der Waals surface area contributed by atoms with Crippen molar-refractivity contribution in [1.82, 2.24) is 0 Å². The van der Waals surface area contributed by atoms with E-state index in [1.54, 1.807) is 6.07 Å². The van der Waals surface area contributed by atoms with Gasteiger partial charge in [0.05, 0.1) is 10.9 Å². The first-order valence-electron chi connectivity index (χ1n) is 3.25. The minimum Gasteiger partial charge on any atom is -0.481 e. The first kappa shape index (κ1) is 12.1. The van der Waals surface area contributed by atoms with Gasteiger partial charge in [-0.1, -0.05) is 13.5 Å². The molecule has 0 fully saturated rings. The molecule has 0 spiro atoms. The molecule has 0 atom stereocenters. The number of rotatable bonds is 2. The van der Waals surface area contributed by atoms with E-state index in [-0.39, 0.29) is 13.8 Å². The SMILES string of the molecule is C.O=C(O)Cc1ccc(Br)c(F)c1. The summed E-state index contributed by atoms with van der Waals surface area (Å²) in [6.07, 6.45) is -0.149. The molecule has 72 valence electrons. The van der Waals surface area contributed by atoms with Crippen molar-refractivity contribution in [2.45, 2.75) is 13.8 Å². The molecule has 4 heteroatoms. The molecule has 0 saturated heterocycles. The largest absolute Gasteiger partial charge is 0.481 e. The van der Waals surface area contributed by atoms with Crippen LogP contribution in [0.25, 0.3) is 0 Å². The highest BCUT2D eigenvalue weighted by atomic mass is 79.9. The fourth-order valence-electron chi connectivity index (χ4n) is 0.824. The highest BCUT2D eigenvalue weighted by Crippen LogP contribution is 2.16. The van der Waals surface area contributed by atoms with E-state index in [0.29, 0.717) is 10.0 Å². The van der Waals surface area contributed by atoms with E-state index >= 15 is 0 Å². The molecule has 1 aromatic rings. The van der Waals surface area contributed by atoms with Crippen molar-refractivity contribution in [2.75, 3.05) is 0 Å². The third-order valence-electron chi connectivity index (χ3n) is 1.34. The van der Waals surface area contributed by atoms with Gasteiger partial charge >= 0.3 is 5.97 Å². The summed E-state index contributed by atoms with van der Waals surface area (Å²) in [4.78, 5) is 10.2. The summed E-state index contributed by atoms with van der Waals surface area (Å²) >= 11 is 2.97. The first-order valence-corrected chi connectivity index (χ1v) is 4.04. The quantitative estimate of drug-likeness (QED) is 0.874. The van der Waals surface area contributed by atoms with Gasteiger partial charge in [-0.25, -0.2) is 4.39 Å². The monoisotopic (exact) mass is 248 g/mol. The normalized spacial score (nSPS) is 9.08. The Hall–Kier alpha value is -0.900. The molecule has 0 aromatic heterocycles. The standard InChI is InChI=1S/C8H6BrFO2.CH4/c9-6-2-1-5(3-7(6)10)4-8(11)12;/h1-3H,4H2,(H,11,12);1H4. The molecular formula is C9H10BrFO2. The maximum Gasteiger partial charge on any atom is 0.307 e. The van der Waals surface area contributed by atoms with E-state index in [1.807, 2.05) is 0 Å². The molecule has 13 heavy (non-hydrogen) atoms. The number of aliphatic carboxylic acids is 1. The number of carbonyl (C=O) groups is 1. The molecule has 0 bridgehead atoms. The number of carboxylic acid groups (broad SMARTS) is 1. The van der Waals surface area contributed by atoms with Gasteiger partial charge in [0.1, 0.15) is 5.82 Å². The van der Waals surface area contributed by atoms with Gasteiger partial charge in [-0.05, 0) is 33.6 Å². The Kier molecular flexibility index (Phi) is 4.62. The second-order valence-corrected chi connectivity index (χ2v) is 3.17. The Morgan fingerprint density at radius 1 is 1.54 bits per heavy atom. The number of benzene rings is 1. The fraction of sp³-hybridized carbons (Fsp3) is 0.222. The summed E-state index contributed by atoms with van der Waals surface area (Å²) in [7, 11) is 0. The molecule has 1 N–H and O–H groups in total. The van der Waals surface area contributed by atoms with Gasteiger partial charge in [0.15, 0.2) is 0 Å². The predicted molar refractivity (Wildman–Crippen MR) is 52.2 cm³/mol. The third kappa shape index (κ3) is 3.55. The Morgan fingerprint density at radius 3 is 2.62 bits per heavy atom. The zero-order chi connectivity index (χ0) is 9.14. The molecular weight excluding hydrogens is 239 g/mol. The zero-order valence-electron chi connectivity index (χ0n) is 6.05. The van der Waals surface area contributed by atoms with Crippen LogP contribution in [-0.4, -0.2) is 11.1 Å². The predicted octanol–water partition coefficient (Wildman–Crippen LogP) is 2.85. The number of carboxylic acids is 1. The van der Waals surface area contributed by atoms with Crippen molar-refractivity contribution >= 4 is 21.9 Å². The van der Waals surface area contributed by atoms with Crippen molar-refractivity contribution in [2.24, 2.45) is 0 Å². The lowest BCUT2D eigenvalue weighted by Crippen LogP contribution is -2.00. The summed E-state index contributed by atoms with van der Waals surface area (Å²) in [5.74, 6) is -1.40. The van der Waals surface area contributed by atoms with Crippen LogP contribution < -0.4 is 0 Å². The minimum atomic E-state index is -0.961. The van der Waals surface area contributed by atoms with Crippen LogP contribution in [0, 0.1) is 5.82 Å². The highest BCUT2D eigenvalue weighted by molar-refractivity contribution is 9.10. The summed E-state index contributed by atoms with van der Waals surface area (Å²) in [6, 6.07) is 4.27. The second kappa shape index (κ2) is 4.97. The van der Waals surface area contributed by atoms with Crippen LogP contribution in [0.5, 0.6) is 0 Å². The summed E-state index contributed by atoms with van der Waals surface area (Å²) in [5.41, 5.74) is 0.461. The first-order chi connectivity index (χ1) is 5.59. The van der Waals surface area contributed by atoms with E-state index in [1.165, 1.54) is 12.1 Å². The van der Waals surface area contributed by atoms with Crippen LogP contribution in [0.4, 0.5) is 4.39 Å². The molecule has 0 radical (unpaired) electrons. The molecule has 0 saturated carbocycles. The van der Waals surface area contributed by atoms with Gasteiger partial charge < -0.3 is 5.11 Å². The van der Waals surface area contributed by atoms with Crippen molar-refractivity contribution in [3.8, 4) is 0 Å². The van der Waals surface area contributed by atoms with E-state index in [9.17, 15) is 9.18 Å². The average molecular weight is 249 g/mol. The van der Waals surface area contributed by atoms with Crippen LogP contribution in [0.1, 0.15) is 13.0 Å². The van der Waals surface area contributed by atoms with Crippen LogP contribution in [0.2, 0.25) is 0 Å². The lowest BCUT2D eigenvalue weighted by molar-refractivity contribution is -0.136. The molecule has 0 unspecified atom stereocenters. The van der Waals surface area contributed by atoms with Gasteiger partial charge in [0, 0.05) is 0 Å². The maximum atomic E-state index is 12.8. The van der Waals surface area contributed by atoms with Crippen LogP contribution in [0.15, 0.2) is 22.7 Å².